The highest BCUT2D eigenvalue weighted by molar-refractivity contribution is 14.1. The highest BCUT2D eigenvalue weighted by atomic mass is 127. The van der Waals surface area contributed by atoms with Crippen LogP contribution in [0.25, 0.3) is 6.08 Å². The van der Waals surface area contributed by atoms with Crippen LogP contribution >= 0.6 is 22.6 Å². The molecule has 0 aliphatic rings. The van der Waals surface area contributed by atoms with E-state index < -0.39 is 5.97 Å². The molecule has 0 atom stereocenters. The summed E-state index contributed by atoms with van der Waals surface area (Å²) >= 11 is 2.26. The molecular weight excluding hydrogens is 315 g/mol. The van der Waals surface area contributed by atoms with Crippen LogP contribution in [-0.2, 0) is 9.53 Å². The quantitative estimate of drug-likeness (QED) is 0.451. The third-order valence-corrected chi connectivity index (χ3v) is 2.08. The Hall–Kier alpha value is -1.28. The van der Waals surface area contributed by atoms with Gasteiger partial charge in [0, 0.05) is 11.5 Å². The van der Waals surface area contributed by atoms with E-state index in [2.05, 4.69) is 45.2 Å². The van der Waals surface area contributed by atoms with Gasteiger partial charge in [-0.3, -0.25) is 0 Å². The van der Waals surface area contributed by atoms with Crippen LogP contribution in [0, 0.1) is 11.8 Å². The maximum Gasteiger partial charge on any atom is 0.384 e. The van der Waals surface area contributed by atoms with Gasteiger partial charge in [-0.1, -0.05) is 18.1 Å². The van der Waals surface area contributed by atoms with E-state index in [-0.39, 0.29) is 0 Å². The number of esters is 1. The molecule has 0 saturated heterocycles. The molecule has 3 heteroatoms. The Kier molecular flexibility index (Phi) is 5.06. The van der Waals surface area contributed by atoms with Crippen molar-refractivity contribution in [3.63, 3.8) is 0 Å². The average Bonchev–Trinajstić information content (AvgIpc) is 2.27. The third-order valence-electron chi connectivity index (χ3n) is 1.77. The summed E-state index contributed by atoms with van der Waals surface area (Å²) in [5.41, 5.74) is 1.92. The molecule has 1 rings (SSSR count). The van der Waals surface area contributed by atoms with E-state index >= 15 is 0 Å². The fourth-order valence-electron chi connectivity index (χ4n) is 1.07. The fraction of sp³-hybridized carbons (Fsp3) is 0.154. The second-order valence-electron chi connectivity index (χ2n) is 3.09. The van der Waals surface area contributed by atoms with Gasteiger partial charge in [0.05, 0.1) is 7.11 Å². The van der Waals surface area contributed by atoms with Gasteiger partial charge in [0.25, 0.3) is 0 Å². The number of hydrogen-bond donors (Lipinski definition) is 0. The molecule has 82 valence electrons. The fourth-order valence-corrected chi connectivity index (χ4v) is 1.43. The van der Waals surface area contributed by atoms with Crippen LogP contribution in [0.5, 0.6) is 0 Å². The van der Waals surface area contributed by atoms with E-state index in [1.807, 2.05) is 31.2 Å². The summed E-state index contributed by atoms with van der Waals surface area (Å²) < 4.78 is 5.64. The van der Waals surface area contributed by atoms with Crippen LogP contribution in [-0.4, -0.2) is 13.1 Å². The van der Waals surface area contributed by atoms with Crippen LogP contribution in [0.15, 0.2) is 27.8 Å². The molecule has 2 nitrogen and oxygen atoms in total. The highest BCUT2D eigenvalue weighted by Gasteiger charge is 1.92. The molecule has 0 heterocycles. The molecule has 0 bridgehead atoms. The Morgan fingerprint density at radius 2 is 2.00 bits per heavy atom. The number of carbonyl (C=O) groups is 1. The van der Waals surface area contributed by atoms with E-state index in [1.165, 1.54) is 10.7 Å². The van der Waals surface area contributed by atoms with E-state index in [0.717, 1.165) is 11.1 Å². The van der Waals surface area contributed by atoms with Crippen LogP contribution < -0.4 is 0 Å². The zero-order valence-electron chi connectivity index (χ0n) is 9.08. The summed E-state index contributed by atoms with van der Waals surface area (Å²) in [6, 6.07) is 7.68. The molecule has 0 fully saturated rings. The Balaban J connectivity index is 2.82. The smallest absolute Gasteiger partial charge is 0.384 e. The van der Waals surface area contributed by atoms with Gasteiger partial charge in [-0.2, -0.15) is 0 Å². The summed E-state index contributed by atoms with van der Waals surface area (Å²) in [5.74, 6) is 4.59. The molecule has 0 saturated carbocycles. The number of ether oxygens (including phenoxy) is 1. The van der Waals surface area contributed by atoms with Crippen molar-refractivity contribution in [1.29, 1.82) is 0 Å². The highest BCUT2D eigenvalue weighted by Crippen LogP contribution is 2.12. The summed E-state index contributed by atoms with van der Waals surface area (Å²) in [6.07, 6.45) is 2.07. The molecule has 1 aromatic rings. The molecule has 0 radical (unpaired) electrons. The molecule has 0 spiro atoms. The lowest BCUT2D eigenvalue weighted by Gasteiger charge is -1.94. The van der Waals surface area contributed by atoms with Crippen molar-refractivity contribution in [2.24, 2.45) is 0 Å². The normalized spacial score (nSPS) is 10.3. The van der Waals surface area contributed by atoms with Crippen molar-refractivity contribution in [3.8, 4) is 11.8 Å². The second-order valence-corrected chi connectivity index (χ2v) is 4.80. The molecule has 0 amide bonds. The van der Waals surface area contributed by atoms with Crippen LogP contribution in [0.2, 0.25) is 0 Å². The first-order chi connectivity index (χ1) is 7.61. The summed E-state index contributed by atoms with van der Waals surface area (Å²) in [6.45, 7) is 2.03. The topological polar surface area (TPSA) is 26.3 Å². The largest absolute Gasteiger partial charge is 0.459 e. The van der Waals surface area contributed by atoms with Gasteiger partial charge < -0.3 is 4.74 Å². The minimum absolute atomic E-state index is 0.521. The summed E-state index contributed by atoms with van der Waals surface area (Å²) in [5, 5.41) is 0. The first-order valence-corrected chi connectivity index (χ1v) is 5.73. The molecule has 0 unspecified atom stereocenters. The minimum atomic E-state index is -0.521. The van der Waals surface area contributed by atoms with Gasteiger partial charge in [0.2, 0.25) is 0 Å². The standard InChI is InChI=1S/C13H11IO2/c1-10(14)9-12-5-3-11(4-6-12)7-8-13(15)16-2/h3-6,9H,1-2H3/b10-9+. The Morgan fingerprint density at radius 1 is 1.38 bits per heavy atom. The summed E-state index contributed by atoms with van der Waals surface area (Å²) in [4.78, 5) is 10.8. The van der Waals surface area contributed by atoms with E-state index in [9.17, 15) is 4.79 Å². The molecular formula is C13H11IO2. The van der Waals surface area contributed by atoms with Gasteiger partial charge in [0.1, 0.15) is 0 Å². The molecule has 1 aromatic carbocycles. The lowest BCUT2D eigenvalue weighted by Crippen LogP contribution is -1.94. The zero-order valence-corrected chi connectivity index (χ0v) is 11.2. The van der Waals surface area contributed by atoms with E-state index in [0.29, 0.717) is 0 Å². The third kappa shape index (κ3) is 4.49. The van der Waals surface area contributed by atoms with Gasteiger partial charge in [0.15, 0.2) is 0 Å². The number of carbonyl (C=O) groups excluding carboxylic acids is 1. The van der Waals surface area contributed by atoms with Gasteiger partial charge in [-0.25, -0.2) is 4.79 Å². The Bertz CT molecular complexity index is 457. The monoisotopic (exact) mass is 326 g/mol. The van der Waals surface area contributed by atoms with Crippen molar-refractivity contribution in [3.05, 3.63) is 39.0 Å². The number of methoxy groups -OCH3 is 1. The van der Waals surface area contributed by atoms with Crippen LogP contribution in [0.4, 0.5) is 0 Å². The predicted molar refractivity (Wildman–Crippen MR) is 73.0 cm³/mol. The van der Waals surface area contributed by atoms with Crippen LogP contribution in [0.3, 0.4) is 0 Å². The van der Waals surface area contributed by atoms with Crippen LogP contribution in [0.1, 0.15) is 18.1 Å². The van der Waals surface area contributed by atoms with Crippen molar-refractivity contribution >= 4 is 34.6 Å². The number of hydrogen-bond acceptors (Lipinski definition) is 2. The zero-order chi connectivity index (χ0) is 12.0. The second kappa shape index (κ2) is 6.33. The average molecular weight is 326 g/mol. The number of rotatable bonds is 1. The minimum Gasteiger partial charge on any atom is -0.459 e. The maximum absolute atomic E-state index is 10.8. The molecule has 0 N–H and O–H groups in total. The van der Waals surface area contributed by atoms with Crippen molar-refractivity contribution < 1.29 is 9.53 Å². The molecule has 0 aliphatic heterocycles. The molecule has 16 heavy (non-hydrogen) atoms. The SMILES string of the molecule is COC(=O)C#Cc1ccc(/C=C(\C)I)cc1. The van der Waals surface area contributed by atoms with Crippen molar-refractivity contribution in [2.75, 3.05) is 7.11 Å². The number of benzene rings is 1. The lowest BCUT2D eigenvalue weighted by atomic mass is 10.1. The molecule has 0 aliphatic carbocycles. The van der Waals surface area contributed by atoms with Crippen molar-refractivity contribution in [1.82, 2.24) is 0 Å². The first-order valence-electron chi connectivity index (χ1n) is 4.65. The predicted octanol–water partition coefficient (Wildman–Crippen LogP) is 3.01. The lowest BCUT2D eigenvalue weighted by molar-refractivity contribution is -0.133. The van der Waals surface area contributed by atoms with E-state index in [1.54, 1.807) is 0 Å². The van der Waals surface area contributed by atoms with Crippen molar-refractivity contribution in [2.45, 2.75) is 6.92 Å². The number of allylic oxidation sites excluding steroid dienone is 1. The number of halogens is 1. The van der Waals surface area contributed by atoms with E-state index in [4.69, 9.17) is 0 Å². The Labute approximate surface area is 109 Å². The van der Waals surface area contributed by atoms with Gasteiger partial charge in [-0.15, -0.1) is 0 Å². The maximum atomic E-state index is 10.8. The summed E-state index contributed by atoms with van der Waals surface area (Å²) in [7, 11) is 1.31. The molecule has 0 aromatic heterocycles. The Morgan fingerprint density at radius 3 is 2.50 bits per heavy atom. The van der Waals surface area contributed by atoms with Gasteiger partial charge in [-0.05, 0) is 56.9 Å². The first kappa shape index (κ1) is 12.8. The van der Waals surface area contributed by atoms with Gasteiger partial charge >= 0.3 is 5.97 Å².